The Hall–Kier alpha value is -0.490. The topological polar surface area (TPSA) is 144 Å². The maximum Gasteiger partial charge on any atom is 0.347 e. The highest BCUT2D eigenvalue weighted by molar-refractivity contribution is 8.65. The van der Waals surface area contributed by atoms with Crippen molar-refractivity contribution in [2.75, 3.05) is 0 Å². The molecule has 0 saturated heterocycles. The van der Waals surface area contributed by atoms with Crippen LogP contribution in [0, 0.1) is 0 Å². The van der Waals surface area contributed by atoms with E-state index in [0.29, 0.717) is 0 Å². The molecule has 0 rings (SSSR count). The average molecular weight is 234 g/mol. The molecule has 0 aliphatic heterocycles. The smallest absolute Gasteiger partial charge is 0.347 e. The zero-order valence-electron chi connectivity index (χ0n) is 5.51. The summed E-state index contributed by atoms with van der Waals surface area (Å²) in [6.07, 6.45) is 0. The Balaban J connectivity index is 4.60. The van der Waals surface area contributed by atoms with Crippen LogP contribution in [0.1, 0.15) is 0 Å². The van der Waals surface area contributed by atoms with Crippen molar-refractivity contribution in [2.45, 2.75) is 0 Å². The molecule has 0 aliphatic carbocycles. The van der Waals surface area contributed by atoms with Gasteiger partial charge in [-0.05, 0) is 12.2 Å². The lowest BCUT2D eigenvalue weighted by molar-refractivity contribution is 0.572. The lowest BCUT2D eigenvalue weighted by atomic mass is 11.2. The minimum atomic E-state index is -4.71. The van der Waals surface area contributed by atoms with Crippen molar-refractivity contribution in [3.63, 3.8) is 0 Å². The number of rotatable bonds is 3. The summed E-state index contributed by atoms with van der Waals surface area (Å²) in [5, 5.41) is 3.87. The van der Waals surface area contributed by atoms with Gasteiger partial charge in [-0.1, -0.05) is 0 Å². The fourth-order valence-corrected chi connectivity index (χ4v) is 1.11. The fraction of sp³-hybridized carbons (Fsp3) is 0. The molecule has 0 aromatic rings. The minimum absolute atomic E-state index is 0.428. The van der Waals surface area contributed by atoms with Gasteiger partial charge in [0, 0.05) is 0 Å². The second kappa shape index (κ2) is 3.49. The van der Waals surface area contributed by atoms with Crippen LogP contribution in [0.15, 0.2) is 0 Å². The molecular weight excluding hydrogens is 228 g/mol. The first kappa shape index (κ1) is 11.5. The Morgan fingerprint density at radius 3 is 1.92 bits per heavy atom. The number of nitrogens with one attached hydrogen (secondary N) is 2. The van der Waals surface area contributed by atoms with E-state index in [2.05, 4.69) is 17.4 Å². The van der Waals surface area contributed by atoms with Gasteiger partial charge in [0.1, 0.15) is 0 Å². The van der Waals surface area contributed by atoms with Crippen molar-refractivity contribution >= 4 is 35.4 Å². The lowest BCUT2D eigenvalue weighted by Crippen LogP contribution is -2.48. The molecule has 0 saturated carbocycles. The van der Waals surface area contributed by atoms with Crippen molar-refractivity contribution in [3.05, 3.63) is 0 Å². The molecule has 0 bridgehead atoms. The van der Waals surface area contributed by atoms with Crippen LogP contribution in [0.4, 0.5) is 0 Å². The van der Waals surface area contributed by atoms with Gasteiger partial charge in [-0.2, -0.15) is 16.8 Å². The van der Waals surface area contributed by atoms with Crippen LogP contribution in [0.2, 0.25) is 0 Å². The Morgan fingerprint density at radius 1 is 1.25 bits per heavy atom. The minimum Gasteiger partial charge on any atom is -0.375 e. The molecule has 0 aromatic heterocycles. The predicted molar refractivity (Wildman–Crippen MR) is 45.1 cm³/mol. The molecule has 0 amide bonds. The van der Waals surface area contributed by atoms with Crippen molar-refractivity contribution in [2.24, 2.45) is 10.9 Å². The highest BCUT2D eigenvalue weighted by Gasteiger charge is 2.24. The second-order valence-corrected chi connectivity index (χ2v) is 6.79. The fourth-order valence-electron chi connectivity index (χ4n) is 0.171. The summed E-state index contributed by atoms with van der Waals surface area (Å²) < 4.78 is 41.6. The molecular formula is CH6N4O4S3. The summed E-state index contributed by atoms with van der Waals surface area (Å²) in [5.41, 5.74) is 6.51. The molecule has 0 aromatic carbocycles. The third-order valence-electron chi connectivity index (χ3n) is 0.605. The Bertz CT molecular complexity index is 365. The highest BCUT2D eigenvalue weighted by atomic mass is 33.2. The number of hydrogen-bond donors (Lipinski definition) is 4. The zero-order valence-corrected chi connectivity index (χ0v) is 7.96. The Kier molecular flexibility index (Phi) is 3.34. The molecule has 0 fully saturated rings. The van der Waals surface area contributed by atoms with Crippen LogP contribution >= 0.6 is 12.2 Å². The SMILES string of the molecule is NC(=S)NNS(=O)(=O)S(N)(=O)=O. The van der Waals surface area contributed by atoms with Crippen LogP contribution in [0.3, 0.4) is 0 Å². The standard InChI is InChI=1S/CH6N4O4S3/c2-1(10)4-5-12(8,9)11(3,6)7/h5H,(H3,2,4,10)(H2,3,6,7). The Labute approximate surface area is 73.8 Å². The monoisotopic (exact) mass is 234 g/mol. The number of hydrogen-bond acceptors (Lipinski definition) is 5. The normalized spacial score (nSPS) is 12.4. The first-order chi connectivity index (χ1) is 5.17. The summed E-state index contributed by atoms with van der Waals surface area (Å²) in [4.78, 5) is 1.34. The molecule has 8 nitrogen and oxygen atoms in total. The average Bonchev–Trinajstić information content (AvgIpc) is 1.81. The van der Waals surface area contributed by atoms with Gasteiger partial charge in [-0.25, -0.2) is 5.14 Å². The van der Waals surface area contributed by atoms with Gasteiger partial charge in [0.2, 0.25) is 0 Å². The van der Waals surface area contributed by atoms with E-state index in [9.17, 15) is 16.8 Å². The van der Waals surface area contributed by atoms with Gasteiger partial charge in [0.15, 0.2) is 5.11 Å². The van der Waals surface area contributed by atoms with Gasteiger partial charge in [0.05, 0.1) is 0 Å². The van der Waals surface area contributed by atoms with Crippen LogP contribution in [0.25, 0.3) is 0 Å². The first-order valence-electron chi connectivity index (χ1n) is 2.27. The number of thiocarbonyl (C=S) groups is 1. The summed E-state index contributed by atoms with van der Waals surface area (Å²) in [7, 11) is -9.39. The molecule has 0 heterocycles. The first-order valence-corrected chi connectivity index (χ1v) is 6.22. The van der Waals surface area contributed by atoms with E-state index in [1.807, 2.05) is 0 Å². The molecule has 0 spiro atoms. The third kappa shape index (κ3) is 3.27. The highest BCUT2D eigenvalue weighted by Crippen LogP contribution is 1.88. The van der Waals surface area contributed by atoms with E-state index in [-0.39, 0.29) is 0 Å². The summed E-state index contributed by atoms with van der Waals surface area (Å²) in [6, 6.07) is 0. The molecule has 0 atom stereocenters. The van der Waals surface area contributed by atoms with Crippen LogP contribution in [-0.4, -0.2) is 21.9 Å². The molecule has 72 valence electrons. The zero-order chi connectivity index (χ0) is 9.99. The van der Waals surface area contributed by atoms with E-state index in [1.165, 1.54) is 4.83 Å². The van der Waals surface area contributed by atoms with Gasteiger partial charge in [-0.15, -0.1) is 4.83 Å². The molecule has 0 radical (unpaired) electrons. The predicted octanol–water partition coefficient (Wildman–Crippen LogP) is -3.14. The number of hydrazine groups is 1. The molecule has 12 heavy (non-hydrogen) atoms. The maximum absolute atomic E-state index is 10.6. The van der Waals surface area contributed by atoms with Crippen LogP contribution in [-0.2, 0) is 18.1 Å². The van der Waals surface area contributed by atoms with E-state index in [4.69, 9.17) is 5.73 Å². The van der Waals surface area contributed by atoms with Crippen molar-refractivity contribution in [1.29, 1.82) is 0 Å². The quantitative estimate of drug-likeness (QED) is 0.229. The Morgan fingerprint density at radius 2 is 1.67 bits per heavy atom. The lowest BCUT2D eigenvalue weighted by Gasteiger charge is -2.04. The van der Waals surface area contributed by atoms with E-state index in [1.54, 1.807) is 5.43 Å². The molecule has 0 unspecified atom stereocenters. The third-order valence-corrected chi connectivity index (χ3v) is 3.76. The van der Waals surface area contributed by atoms with Gasteiger partial charge in [0.25, 0.3) is 0 Å². The molecule has 6 N–H and O–H groups in total. The van der Waals surface area contributed by atoms with Gasteiger partial charge in [-0.3, -0.25) is 5.43 Å². The van der Waals surface area contributed by atoms with Crippen molar-refractivity contribution < 1.29 is 16.8 Å². The van der Waals surface area contributed by atoms with Crippen molar-refractivity contribution in [1.82, 2.24) is 10.3 Å². The second-order valence-electron chi connectivity index (χ2n) is 1.54. The summed E-state index contributed by atoms with van der Waals surface area (Å²) in [6.45, 7) is 0. The summed E-state index contributed by atoms with van der Waals surface area (Å²) >= 11 is 4.19. The number of nitrogens with two attached hydrogens (primary N) is 2. The largest absolute Gasteiger partial charge is 0.375 e. The van der Waals surface area contributed by atoms with Crippen molar-refractivity contribution in [3.8, 4) is 0 Å². The molecule has 0 aliphatic rings. The van der Waals surface area contributed by atoms with Gasteiger partial charge < -0.3 is 5.73 Å². The van der Waals surface area contributed by atoms with Crippen LogP contribution in [0.5, 0.6) is 0 Å². The van der Waals surface area contributed by atoms with E-state index >= 15 is 0 Å². The van der Waals surface area contributed by atoms with Gasteiger partial charge >= 0.3 is 18.1 Å². The van der Waals surface area contributed by atoms with E-state index < -0.39 is 23.2 Å². The summed E-state index contributed by atoms with van der Waals surface area (Å²) in [5.74, 6) is 0. The maximum atomic E-state index is 10.6. The molecule has 11 heteroatoms. The van der Waals surface area contributed by atoms with Crippen LogP contribution < -0.4 is 21.1 Å². The van der Waals surface area contributed by atoms with E-state index in [0.717, 1.165) is 0 Å².